The van der Waals surface area contributed by atoms with E-state index in [0.717, 1.165) is 30.5 Å². The lowest BCUT2D eigenvalue weighted by Crippen LogP contribution is -2.34. The summed E-state index contributed by atoms with van der Waals surface area (Å²) in [4.78, 5) is 6.86. The molecule has 90 valence electrons. The summed E-state index contributed by atoms with van der Waals surface area (Å²) in [6.45, 7) is 5.93. The molecule has 0 aliphatic carbocycles. The molecule has 0 spiro atoms. The molecule has 0 atom stereocenters. The second-order valence-corrected chi connectivity index (χ2v) is 4.93. The van der Waals surface area contributed by atoms with E-state index in [1.807, 2.05) is 11.6 Å². The average molecular weight is 222 g/mol. The number of nitrogens with zero attached hydrogens (tertiary/aromatic N) is 3. The van der Waals surface area contributed by atoms with E-state index in [1.54, 1.807) is 6.20 Å². The SMILES string of the molecule is CC1CCN(CCc2ncc(N)n2C)CC1. The van der Waals surface area contributed by atoms with Crippen LogP contribution in [0.5, 0.6) is 0 Å². The van der Waals surface area contributed by atoms with Gasteiger partial charge in [0.1, 0.15) is 11.6 Å². The molecular weight excluding hydrogens is 200 g/mol. The van der Waals surface area contributed by atoms with Crippen molar-refractivity contribution in [2.75, 3.05) is 25.4 Å². The first-order valence-electron chi connectivity index (χ1n) is 6.15. The molecule has 1 aromatic heterocycles. The van der Waals surface area contributed by atoms with Crippen molar-refractivity contribution >= 4 is 5.82 Å². The predicted octanol–water partition coefficient (Wildman–Crippen LogP) is 1.28. The van der Waals surface area contributed by atoms with Crippen LogP contribution in [0.15, 0.2) is 6.20 Å². The highest BCUT2D eigenvalue weighted by Crippen LogP contribution is 2.16. The van der Waals surface area contributed by atoms with Crippen LogP contribution >= 0.6 is 0 Å². The smallest absolute Gasteiger partial charge is 0.123 e. The Bertz CT molecular complexity index is 337. The van der Waals surface area contributed by atoms with Gasteiger partial charge < -0.3 is 15.2 Å². The van der Waals surface area contributed by atoms with Gasteiger partial charge in [0.05, 0.1) is 6.20 Å². The minimum absolute atomic E-state index is 0.752. The molecule has 2 N–H and O–H groups in total. The maximum absolute atomic E-state index is 5.75. The molecule has 0 unspecified atom stereocenters. The summed E-state index contributed by atoms with van der Waals surface area (Å²) in [5.41, 5.74) is 5.75. The number of nitrogens with two attached hydrogens (primary N) is 1. The summed E-state index contributed by atoms with van der Waals surface area (Å²) < 4.78 is 1.98. The van der Waals surface area contributed by atoms with Gasteiger partial charge >= 0.3 is 0 Å². The lowest BCUT2D eigenvalue weighted by molar-refractivity contribution is 0.193. The zero-order chi connectivity index (χ0) is 11.5. The van der Waals surface area contributed by atoms with Crippen molar-refractivity contribution in [1.29, 1.82) is 0 Å². The summed E-state index contributed by atoms with van der Waals surface area (Å²) in [6, 6.07) is 0. The summed E-state index contributed by atoms with van der Waals surface area (Å²) in [6.07, 6.45) is 5.42. The zero-order valence-corrected chi connectivity index (χ0v) is 10.3. The minimum atomic E-state index is 0.752. The fourth-order valence-electron chi connectivity index (χ4n) is 2.24. The molecule has 1 fully saturated rings. The van der Waals surface area contributed by atoms with Crippen LogP contribution in [0.25, 0.3) is 0 Å². The van der Waals surface area contributed by atoms with Crippen LogP contribution in [-0.4, -0.2) is 34.1 Å². The van der Waals surface area contributed by atoms with Gasteiger partial charge in [-0.05, 0) is 31.8 Å². The topological polar surface area (TPSA) is 47.1 Å². The van der Waals surface area contributed by atoms with Crippen LogP contribution in [0.2, 0.25) is 0 Å². The lowest BCUT2D eigenvalue weighted by atomic mass is 9.99. The van der Waals surface area contributed by atoms with Gasteiger partial charge in [-0.2, -0.15) is 0 Å². The van der Waals surface area contributed by atoms with E-state index in [4.69, 9.17) is 5.73 Å². The number of imidazole rings is 1. The normalized spacial score (nSPS) is 19.1. The van der Waals surface area contributed by atoms with E-state index in [1.165, 1.54) is 25.9 Å². The second kappa shape index (κ2) is 4.87. The average Bonchev–Trinajstić information content (AvgIpc) is 2.60. The van der Waals surface area contributed by atoms with E-state index < -0.39 is 0 Å². The van der Waals surface area contributed by atoms with Crippen LogP contribution in [0.3, 0.4) is 0 Å². The Morgan fingerprint density at radius 2 is 2.12 bits per heavy atom. The standard InChI is InChI=1S/C12H22N4/c1-10-3-6-16(7-4-10)8-5-12-14-9-11(13)15(12)2/h9-10H,3-8,13H2,1-2H3. The number of rotatable bonds is 3. The summed E-state index contributed by atoms with van der Waals surface area (Å²) in [5.74, 6) is 2.75. The molecule has 1 aliphatic rings. The van der Waals surface area contributed by atoms with Gasteiger partial charge in [-0.1, -0.05) is 6.92 Å². The number of aromatic nitrogens is 2. The van der Waals surface area contributed by atoms with Crippen LogP contribution in [0, 0.1) is 5.92 Å². The highest BCUT2D eigenvalue weighted by Gasteiger charge is 2.15. The van der Waals surface area contributed by atoms with Gasteiger partial charge in [-0.15, -0.1) is 0 Å². The van der Waals surface area contributed by atoms with Gasteiger partial charge in [-0.3, -0.25) is 0 Å². The van der Waals surface area contributed by atoms with Crippen molar-refractivity contribution in [2.45, 2.75) is 26.2 Å². The van der Waals surface area contributed by atoms with Crippen LogP contribution in [0.1, 0.15) is 25.6 Å². The third-order valence-electron chi connectivity index (χ3n) is 3.65. The van der Waals surface area contributed by atoms with Gasteiger partial charge in [-0.25, -0.2) is 4.98 Å². The fourth-order valence-corrected chi connectivity index (χ4v) is 2.24. The van der Waals surface area contributed by atoms with E-state index in [-0.39, 0.29) is 0 Å². The molecule has 4 heteroatoms. The molecule has 0 aromatic carbocycles. The Labute approximate surface area is 97.4 Å². The molecule has 0 saturated carbocycles. The number of anilines is 1. The van der Waals surface area contributed by atoms with E-state index in [0.29, 0.717) is 0 Å². The van der Waals surface area contributed by atoms with E-state index in [9.17, 15) is 0 Å². The van der Waals surface area contributed by atoms with Crippen LogP contribution < -0.4 is 5.73 Å². The first-order valence-corrected chi connectivity index (χ1v) is 6.15. The Balaban J connectivity index is 1.81. The third-order valence-corrected chi connectivity index (χ3v) is 3.65. The van der Waals surface area contributed by atoms with E-state index in [2.05, 4.69) is 16.8 Å². The number of likely N-dealkylation sites (tertiary alicyclic amines) is 1. The molecule has 1 aliphatic heterocycles. The minimum Gasteiger partial charge on any atom is -0.384 e. The Morgan fingerprint density at radius 1 is 1.44 bits per heavy atom. The number of nitrogen functional groups attached to an aromatic ring is 1. The van der Waals surface area contributed by atoms with Gasteiger partial charge in [0.2, 0.25) is 0 Å². The van der Waals surface area contributed by atoms with Crippen molar-refractivity contribution in [1.82, 2.24) is 14.5 Å². The first-order chi connectivity index (χ1) is 7.66. The first kappa shape index (κ1) is 11.5. The summed E-state index contributed by atoms with van der Waals surface area (Å²) >= 11 is 0. The molecule has 16 heavy (non-hydrogen) atoms. The molecule has 0 radical (unpaired) electrons. The zero-order valence-electron chi connectivity index (χ0n) is 10.3. The Kier molecular flexibility index (Phi) is 3.49. The Hall–Kier alpha value is -1.03. The largest absolute Gasteiger partial charge is 0.384 e. The van der Waals surface area contributed by atoms with Gasteiger partial charge in [0, 0.05) is 20.0 Å². The highest BCUT2D eigenvalue weighted by molar-refractivity contribution is 5.27. The number of hydrogen-bond acceptors (Lipinski definition) is 3. The van der Waals surface area contributed by atoms with Crippen molar-refractivity contribution < 1.29 is 0 Å². The van der Waals surface area contributed by atoms with Crippen molar-refractivity contribution in [3.05, 3.63) is 12.0 Å². The maximum Gasteiger partial charge on any atom is 0.123 e. The molecule has 0 amide bonds. The van der Waals surface area contributed by atoms with Crippen molar-refractivity contribution in [3.8, 4) is 0 Å². The van der Waals surface area contributed by atoms with Gasteiger partial charge in [0.15, 0.2) is 0 Å². The molecule has 2 rings (SSSR count). The quantitative estimate of drug-likeness (QED) is 0.838. The molecular formula is C12H22N4. The fraction of sp³-hybridized carbons (Fsp3) is 0.750. The van der Waals surface area contributed by atoms with E-state index >= 15 is 0 Å². The van der Waals surface area contributed by atoms with Crippen LogP contribution in [0.4, 0.5) is 5.82 Å². The van der Waals surface area contributed by atoms with Gasteiger partial charge in [0.25, 0.3) is 0 Å². The van der Waals surface area contributed by atoms with Crippen molar-refractivity contribution in [3.63, 3.8) is 0 Å². The monoisotopic (exact) mass is 222 g/mol. The summed E-state index contributed by atoms with van der Waals surface area (Å²) in [7, 11) is 1.98. The lowest BCUT2D eigenvalue weighted by Gasteiger charge is -2.29. The predicted molar refractivity (Wildman–Crippen MR) is 66.2 cm³/mol. The van der Waals surface area contributed by atoms with Crippen molar-refractivity contribution in [2.24, 2.45) is 13.0 Å². The molecule has 2 heterocycles. The second-order valence-electron chi connectivity index (χ2n) is 4.93. The third kappa shape index (κ3) is 2.55. The summed E-state index contributed by atoms with van der Waals surface area (Å²) in [5, 5.41) is 0. The molecule has 4 nitrogen and oxygen atoms in total. The molecule has 1 saturated heterocycles. The number of piperidine rings is 1. The molecule has 0 bridgehead atoms. The van der Waals surface area contributed by atoms with Crippen LogP contribution in [-0.2, 0) is 13.5 Å². The maximum atomic E-state index is 5.75. The Morgan fingerprint density at radius 3 is 2.69 bits per heavy atom. The molecule has 1 aromatic rings. The number of hydrogen-bond donors (Lipinski definition) is 1. The highest BCUT2D eigenvalue weighted by atomic mass is 15.1.